The van der Waals surface area contributed by atoms with Crippen molar-refractivity contribution in [3.05, 3.63) is 58.6 Å². The molecule has 146 valence electrons. The Hall–Kier alpha value is -2.87. The van der Waals surface area contributed by atoms with E-state index in [1.807, 2.05) is 12.1 Å². The lowest BCUT2D eigenvalue weighted by Crippen LogP contribution is -2.43. The Morgan fingerprint density at radius 2 is 1.79 bits per heavy atom. The Kier molecular flexibility index (Phi) is 6.30. The number of carbonyl (C=O) groups is 3. The second-order valence-electron chi connectivity index (χ2n) is 6.31. The minimum absolute atomic E-state index is 0.230. The number of nitrogens with one attached hydrogen (secondary N) is 2. The Balaban J connectivity index is 1.77. The summed E-state index contributed by atoms with van der Waals surface area (Å²) in [6.45, 7) is 0.476. The minimum atomic E-state index is -0.661. The molecule has 2 aromatic carbocycles. The Morgan fingerprint density at radius 1 is 1.07 bits per heavy atom. The van der Waals surface area contributed by atoms with Crippen LogP contribution in [0.2, 0.25) is 0 Å². The van der Waals surface area contributed by atoms with Crippen molar-refractivity contribution in [3.8, 4) is 0 Å². The van der Waals surface area contributed by atoms with Gasteiger partial charge in [0, 0.05) is 16.7 Å². The highest BCUT2D eigenvalue weighted by molar-refractivity contribution is 9.10. The number of carbonyl (C=O) groups excluding carboxylic acids is 3. The predicted molar refractivity (Wildman–Crippen MR) is 109 cm³/mol. The van der Waals surface area contributed by atoms with E-state index in [-0.39, 0.29) is 11.8 Å². The second kappa shape index (κ2) is 8.88. The van der Waals surface area contributed by atoms with Gasteiger partial charge < -0.3 is 15.0 Å². The van der Waals surface area contributed by atoms with Gasteiger partial charge >= 0.3 is 6.09 Å². The van der Waals surface area contributed by atoms with Gasteiger partial charge in [0.2, 0.25) is 5.91 Å². The molecule has 1 saturated heterocycles. The number of halogens is 1. The molecule has 1 heterocycles. The lowest BCUT2D eigenvalue weighted by molar-refractivity contribution is -0.119. The number of benzene rings is 2. The third kappa shape index (κ3) is 4.51. The number of ether oxygens (including phenoxy) is 1. The van der Waals surface area contributed by atoms with Crippen LogP contribution in [0.5, 0.6) is 0 Å². The first-order valence-corrected chi connectivity index (χ1v) is 9.60. The topological polar surface area (TPSA) is 87.7 Å². The molecule has 1 fully saturated rings. The van der Waals surface area contributed by atoms with Gasteiger partial charge in [-0.15, -0.1) is 0 Å². The molecular formula is C20H20BrN3O4. The molecule has 2 aromatic rings. The SMILES string of the molecule is COC(=O)Nc1ccccc1C(=O)N1CCC[C@H]1C(=O)Nc1ccc(Br)cc1. The maximum atomic E-state index is 13.1. The highest BCUT2D eigenvalue weighted by atomic mass is 79.9. The molecule has 1 atom stereocenters. The number of para-hydroxylation sites is 1. The summed E-state index contributed by atoms with van der Waals surface area (Å²) in [7, 11) is 1.25. The number of hydrogen-bond acceptors (Lipinski definition) is 4. The zero-order valence-electron chi connectivity index (χ0n) is 15.3. The van der Waals surface area contributed by atoms with Gasteiger partial charge in [-0.1, -0.05) is 28.1 Å². The first-order chi connectivity index (χ1) is 13.5. The van der Waals surface area contributed by atoms with E-state index in [2.05, 4.69) is 31.3 Å². The molecule has 7 nitrogen and oxygen atoms in total. The zero-order chi connectivity index (χ0) is 20.1. The first kappa shape index (κ1) is 19.9. The third-order valence-electron chi connectivity index (χ3n) is 4.51. The first-order valence-electron chi connectivity index (χ1n) is 8.81. The number of anilines is 2. The molecule has 0 unspecified atom stereocenters. The van der Waals surface area contributed by atoms with Crippen LogP contribution in [0, 0.1) is 0 Å². The van der Waals surface area contributed by atoms with Crippen molar-refractivity contribution in [2.24, 2.45) is 0 Å². The summed E-state index contributed by atoms with van der Waals surface area (Å²) in [6, 6.07) is 13.3. The lowest BCUT2D eigenvalue weighted by Gasteiger charge is -2.25. The summed E-state index contributed by atoms with van der Waals surface area (Å²) in [4.78, 5) is 38.9. The van der Waals surface area contributed by atoms with E-state index in [9.17, 15) is 14.4 Å². The molecular weight excluding hydrogens is 426 g/mol. The fourth-order valence-corrected chi connectivity index (χ4v) is 3.40. The zero-order valence-corrected chi connectivity index (χ0v) is 16.9. The van der Waals surface area contributed by atoms with Crippen molar-refractivity contribution >= 4 is 45.2 Å². The highest BCUT2D eigenvalue weighted by Crippen LogP contribution is 2.25. The average molecular weight is 446 g/mol. The van der Waals surface area contributed by atoms with Gasteiger partial charge in [0.1, 0.15) is 6.04 Å². The number of rotatable bonds is 4. The monoisotopic (exact) mass is 445 g/mol. The van der Waals surface area contributed by atoms with Gasteiger partial charge in [-0.25, -0.2) is 4.79 Å². The van der Waals surface area contributed by atoms with Gasteiger partial charge in [0.15, 0.2) is 0 Å². The average Bonchev–Trinajstić information content (AvgIpc) is 3.19. The van der Waals surface area contributed by atoms with Crippen LogP contribution >= 0.6 is 15.9 Å². The molecule has 1 aliphatic rings. The number of methoxy groups -OCH3 is 1. The smallest absolute Gasteiger partial charge is 0.411 e. The molecule has 28 heavy (non-hydrogen) atoms. The van der Waals surface area contributed by atoms with Crippen LogP contribution in [0.3, 0.4) is 0 Å². The molecule has 0 spiro atoms. The summed E-state index contributed by atoms with van der Waals surface area (Å²) in [5.74, 6) is -0.535. The van der Waals surface area contributed by atoms with Gasteiger partial charge in [-0.2, -0.15) is 0 Å². The summed E-state index contributed by atoms with van der Waals surface area (Å²) >= 11 is 3.36. The largest absolute Gasteiger partial charge is 0.453 e. The van der Waals surface area contributed by atoms with Crippen molar-refractivity contribution in [1.29, 1.82) is 0 Å². The van der Waals surface area contributed by atoms with Gasteiger partial charge in [-0.3, -0.25) is 14.9 Å². The van der Waals surface area contributed by atoms with Crippen LogP contribution in [0.1, 0.15) is 23.2 Å². The Labute approximate surface area is 171 Å². The number of likely N-dealkylation sites (tertiary alicyclic amines) is 1. The molecule has 3 rings (SSSR count). The molecule has 2 N–H and O–H groups in total. The molecule has 0 saturated carbocycles. The molecule has 0 bridgehead atoms. The van der Waals surface area contributed by atoms with Gasteiger partial charge in [-0.05, 0) is 49.2 Å². The quantitative estimate of drug-likeness (QED) is 0.747. The van der Waals surface area contributed by atoms with E-state index in [0.717, 1.165) is 10.9 Å². The molecule has 0 aliphatic carbocycles. The Bertz CT molecular complexity index is 885. The van der Waals surface area contributed by atoms with E-state index in [1.54, 1.807) is 41.3 Å². The van der Waals surface area contributed by atoms with E-state index < -0.39 is 12.1 Å². The molecule has 3 amide bonds. The molecule has 0 radical (unpaired) electrons. The van der Waals surface area contributed by atoms with Crippen LogP contribution in [-0.2, 0) is 9.53 Å². The van der Waals surface area contributed by atoms with Crippen molar-refractivity contribution in [1.82, 2.24) is 4.90 Å². The Morgan fingerprint density at radius 3 is 2.50 bits per heavy atom. The van der Waals surface area contributed by atoms with Crippen LogP contribution in [-0.4, -0.2) is 42.5 Å². The maximum Gasteiger partial charge on any atom is 0.411 e. The van der Waals surface area contributed by atoms with Crippen molar-refractivity contribution in [2.75, 3.05) is 24.3 Å². The second-order valence-corrected chi connectivity index (χ2v) is 7.23. The molecule has 8 heteroatoms. The molecule has 0 aromatic heterocycles. The normalized spacial score (nSPS) is 15.8. The van der Waals surface area contributed by atoms with E-state index in [0.29, 0.717) is 29.9 Å². The highest BCUT2D eigenvalue weighted by Gasteiger charge is 2.35. The van der Waals surface area contributed by atoms with Crippen LogP contribution in [0.25, 0.3) is 0 Å². The number of hydrogen-bond donors (Lipinski definition) is 2. The summed E-state index contributed by atoms with van der Waals surface area (Å²) in [6.07, 6.45) is 0.656. The predicted octanol–water partition coefficient (Wildman–Crippen LogP) is 3.87. The molecule has 1 aliphatic heterocycles. The van der Waals surface area contributed by atoms with Gasteiger partial charge in [0.25, 0.3) is 5.91 Å². The van der Waals surface area contributed by atoms with Crippen LogP contribution < -0.4 is 10.6 Å². The lowest BCUT2D eigenvalue weighted by atomic mass is 10.1. The minimum Gasteiger partial charge on any atom is -0.453 e. The number of nitrogens with zero attached hydrogens (tertiary/aromatic N) is 1. The van der Waals surface area contributed by atoms with E-state index >= 15 is 0 Å². The van der Waals surface area contributed by atoms with Crippen molar-refractivity contribution in [3.63, 3.8) is 0 Å². The standard InChI is InChI=1S/C20H20BrN3O4/c1-28-20(27)23-16-6-3-2-5-15(16)19(26)24-12-4-7-17(24)18(25)22-14-10-8-13(21)9-11-14/h2-3,5-6,8-11,17H,4,7,12H2,1H3,(H,22,25)(H,23,27)/t17-/m0/s1. The number of amides is 3. The summed E-state index contributed by atoms with van der Waals surface area (Å²) in [5.41, 5.74) is 1.33. The van der Waals surface area contributed by atoms with Crippen LogP contribution in [0.4, 0.5) is 16.2 Å². The van der Waals surface area contributed by atoms with E-state index in [1.165, 1.54) is 7.11 Å². The third-order valence-corrected chi connectivity index (χ3v) is 5.04. The summed E-state index contributed by atoms with van der Waals surface area (Å²) in [5, 5.41) is 5.40. The summed E-state index contributed by atoms with van der Waals surface area (Å²) < 4.78 is 5.52. The van der Waals surface area contributed by atoms with Crippen molar-refractivity contribution < 1.29 is 19.1 Å². The van der Waals surface area contributed by atoms with Crippen LogP contribution in [0.15, 0.2) is 53.0 Å². The van der Waals surface area contributed by atoms with Gasteiger partial charge in [0.05, 0.1) is 18.4 Å². The fraction of sp³-hybridized carbons (Fsp3) is 0.250. The fourth-order valence-electron chi connectivity index (χ4n) is 3.14. The maximum absolute atomic E-state index is 13.1. The van der Waals surface area contributed by atoms with E-state index in [4.69, 9.17) is 0 Å². The van der Waals surface area contributed by atoms with Crippen molar-refractivity contribution in [2.45, 2.75) is 18.9 Å².